The largest absolute Gasteiger partial charge is 0.465 e. The topological polar surface area (TPSA) is 215 Å². The van der Waals surface area contributed by atoms with E-state index >= 15 is 0 Å². The van der Waals surface area contributed by atoms with Gasteiger partial charge in [-0.1, -0.05) is 35.4 Å². The summed E-state index contributed by atoms with van der Waals surface area (Å²) in [6, 6.07) is 28.2. The van der Waals surface area contributed by atoms with E-state index in [4.69, 9.17) is 30.4 Å². The van der Waals surface area contributed by atoms with E-state index in [0.717, 1.165) is 23.3 Å². The highest BCUT2D eigenvalue weighted by molar-refractivity contribution is 7.93. The van der Waals surface area contributed by atoms with Crippen molar-refractivity contribution >= 4 is 54.7 Å². The Morgan fingerprint density at radius 3 is 1.40 bits per heavy atom. The number of esters is 2. The lowest BCUT2D eigenvalue weighted by Crippen LogP contribution is -2.16. The van der Waals surface area contributed by atoms with Gasteiger partial charge in [0.05, 0.1) is 57.9 Å². The molecule has 0 saturated heterocycles. The molecule has 0 unspecified atom stereocenters. The molecule has 0 bridgehead atoms. The highest BCUT2D eigenvalue weighted by Gasteiger charge is 2.22. The quantitative estimate of drug-likeness (QED) is 0.0677. The number of anilines is 4. The Balaban J connectivity index is 0.000000228. The third-order valence-electron chi connectivity index (χ3n) is 8.35. The molecule has 0 spiro atoms. The summed E-state index contributed by atoms with van der Waals surface area (Å²) < 4.78 is 103. The highest BCUT2D eigenvalue weighted by Crippen LogP contribution is 2.33. The van der Waals surface area contributed by atoms with Crippen LogP contribution in [0.4, 0.5) is 31.5 Å². The Hall–Kier alpha value is -7.18. The summed E-state index contributed by atoms with van der Waals surface area (Å²) in [4.78, 5) is 24.5. The number of nitrogens with two attached hydrogens (primary N) is 2. The molecule has 0 aromatic heterocycles. The van der Waals surface area contributed by atoms with Crippen LogP contribution in [0, 0.1) is 25.5 Å². The average molecular weight is 861 g/mol. The van der Waals surface area contributed by atoms with E-state index in [1.54, 1.807) is 24.3 Å². The molecule has 0 atom stereocenters. The van der Waals surface area contributed by atoms with Gasteiger partial charge in [-0.2, -0.15) is 0 Å². The zero-order chi connectivity index (χ0) is 43.8. The fraction of sp³-hybridized carbons (Fsp3) is 0.0952. The van der Waals surface area contributed by atoms with Gasteiger partial charge in [0.2, 0.25) is 0 Å². The van der Waals surface area contributed by atoms with Gasteiger partial charge in [0.25, 0.3) is 20.0 Å². The van der Waals surface area contributed by atoms with Crippen LogP contribution in [0.25, 0.3) is 0 Å². The normalized spacial score (nSPS) is 11.0. The maximum absolute atomic E-state index is 13.6. The maximum atomic E-state index is 13.6. The second-order valence-electron chi connectivity index (χ2n) is 12.8. The number of sulfonamides is 2. The van der Waals surface area contributed by atoms with Gasteiger partial charge in [0.15, 0.2) is 5.75 Å². The van der Waals surface area contributed by atoms with Crippen molar-refractivity contribution < 1.29 is 54.2 Å². The van der Waals surface area contributed by atoms with Gasteiger partial charge in [-0.15, -0.1) is 0 Å². The minimum absolute atomic E-state index is 0.00184. The van der Waals surface area contributed by atoms with Gasteiger partial charge in [-0.3, -0.25) is 9.44 Å². The molecule has 0 radical (unpaired) electrons. The van der Waals surface area contributed by atoms with Crippen LogP contribution in [0.15, 0.2) is 131 Å². The van der Waals surface area contributed by atoms with Crippen molar-refractivity contribution in [1.82, 2.24) is 0 Å². The number of aryl methyl sites for hydroxylation is 2. The minimum atomic E-state index is -3.95. The highest BCUT2D eigenvalue weighted by atomic mass is 32.2. The average Bonchev–Trinajstić information content (AvgIpc) is 3.21. The molecule has 0 aliphatic carbocycles. The van der Waals surface area contributed by atoms with Crippen LogP contribution in [0.2, 0.25) is 0 Å². The second-order valence-corrected chi connectivity index (χ2v) is 16.2. The Morgan fingerprint density at radius 1 is 0.533 bits per heavy atom. The summed E-state index contributed by atoms with van der Waals surface area (Å²) in [5, 5.41) is 0. The molecule has 0 aliphatic rings. The summed E-state index contributed by atoms with van der Waals surface area (Å²) in [6.07, 6.45) is 0. The summed E-state index contributed by atoms with van der Waals surface area (Å²) in [5.74, 6) is -2.22. The number of hydrogen-bond donors (Lipinski definition) is 4. The molecule has 6 aromatic carbocycles. The smallest absolute Gasteiger partial charge is 0.340 e. The molecule has 18 heteroatoms. The molecule has 6 rings (SSSR count). The van der Waals surface area contributed by atoms with Crippen LogP contribution in [-0.4, -0.2) is 43.0 Å². The predicted octanol–water partition coefficient (Wildman–Crippen LogP) is 8.19. The molecular formula is C42H38F2N4O10S2. The Morgan fingerprint density at radius 2 is 0.950 bits per heavy atom. The molecule has 60 heavy (non-hydrogen) atoms. The Kier molecular flexibility index (Phi) is 13.6. The molecule has 312 valence electrons. The fourth-order valence-electron chi connectivity index (χ4n) is 5.18. The summed E-state index contributed by atoms with van der Waals surface area (Å²) in [6.45, 7) is 3.67. The lowest BCUT2D eigenvalue weighted by atomic mass is 10.1. The van der Waals surface area contributed by atoms with Crippen LogP contribution in [0.5, 0.6) is 23.0 Å². The van der Waals surface area contributed by atoms with Gasteiger partial charge >= 0.3 is 11.9 Å². The number of benzene rings is 6. The zero-order valence-electron chi connectivity index (χ0n) is 32.4. The van der Waals surface area contributed by atoms with E-state index < -0.39 is 43.6 Å². The maximum Gasteiger partial charge on any atom is 0.340 e. The first-order valence-corrected chi connectivity index (χ1v) is 20.4. The van der Waals surface area contributed by atoms with Crippen LogP contribution in [-0.2, 0) is 29.5 Å². The number of nitrogens with one attached hydrogen (secondary N) is 2. The van der Waals surface area contributed by atoms with Crippen molar-refractivity contribution in [2.24, 2.45) is 0 Å². The van der Waals surface area contributed by atoms with E-state index in [0.29, 0.717) is 0 Å². The Bertz CT molecular complexity index is 2770. The Labute approximate surface area is 344 Å². The van der Waals surface area contributed by atoms with Crippen LogP contribution in [0.1, 0.15) is 31.8 Å². The van der Waals surface area contributed by atoms with Crippen molar-refractivity contribution in [2.75, 3.05) is 35.1 Å². The van der Waals surface area contributed by atoms with E-state index in [9.17, 15) is 35.2 Å². The van der Waals surface area contributed by atoms with E-state index in [1.807, 2.05) is 13.8 Å². The van der Waals surface area contributed by atoms with E-state index in [2.05, 4.69) is 9.44 Å². The number of carbonyl (C=O) groups excluding carboxylic acids is 2. The lowest BCUT2D eigenvalue weighted by Gasteiger charge is -2.14. The number of methoxy groups -OCH3 is 2. The van der Waals surface area contributed by atoms with Crippen molar-refractivity contribution in [2.45, 2.75) is 23.6 Å². The van der Waals surface area contributed by atoms with Crippen molar-refractivity contribution in [1.29, 1.82) is 0 Å². The van der Waals surface area contributed by atoms with Crippen molar-refractivity contribution in [3.8, 4) is 23.0 Å². The third kappa shape index (κ3) is 11.1. The van der Waals surface area contributed by atoms with E-state index in [1.165, 1.54) is 99.1 Å². The molecular weight excluding hydrogens is 823 g/mol. The van der Waals surface area contributed by atoms with Crippen LogP contribution < -0.4 is 30.4 Å². The molecule has 0 heterocycles. The van der Waals surface area contributed by atoms with Crippen molar-refractivity contribution in [3.05, 3.63) is 155 Å². The van der Waals surface area contributed by atoms with Gasteiger partial charge in [-0.05, 0) is 98.8 Å². The number of ether oxygens (including phenoxy) is 4. The molecule has 0 saturated carbocycles. The van der Waals surface area contributed by atoms with Gasteiger partial charge in [0, 0.05) is 12.1 Å². The molecule has 6 aromatic rings. The van der Waals surface area contributed by atoms with E-state index in [-0.39, 0.29) is 66.7 Å². The summed E-state index contributed by atoms with van der Waals surface area (Å²) in [5.41, 5.74) is 13.1. The lowest BCUT2D eigenvalue weighted by molar-refractivity contribution is 0.0592. The molecule has 0 amide bonds. The SMILES string of the molecule is COC(=O)c1cc(Oc2cc(F)ccc2N)ccc1NS(=O)(=O)c1ccc(C)cc1.COC(=O)c1cc(Oc2ccc(N)c(F)c2)ccc1NS(=O)(=O)c1ccc(C)cc1. The second kappa shape index (κ2) is 18.6. The van der Waals surface area contributed by atoms with Crippen LogP contribution >= 0.6 is 0 Å². The first-order valence-electron chi connectivity index (χ1n) is 17.5. The number of hydrogen-bond acceptors (Lipinski definition) is 12. The first kappa shape index (κ1) is 43.9. The number of nitrogen functional groups attached to an aromatic ring is 2. The third-order valence-corrected chi connectivity index (χ3v) is 11.1. The molecule has 14 nitrogen and oxygen atoms in total. The first-order chi connectivity index (χ1) is 28.4. The number of carbonyl (C=O) groups is 2. The fourth-order valence-corrected chi connectivity index (χ4v) is 7.34. The van der Waals surface area contributed by atoms with Crippen molar-refractivity contribution in [3.63, 3.8) is 0 Å². The molecule has 6 N–H and O–H groups in total. The monoisotopic (exact) mass is 860 g/mol. The summed E-state index contributed by atoms with van der Waals surface area (Å²) in [7, 11) is -5.55. The number of rotatable bonds is 12. The standard InChI is InChI=1S/2C21H19FN2O5S/c1-13-3-7-16(8-4-13)30(26,27)24-20-10-6-14(11-17(20)21(25)28-2)29-15-5-9-19(23)18(22)12-15;1-13-3-7-16(8-4-13)30(26,27)24-19-10-6-15(12-17(19)21(25)28-2)29-20-11-14(22)5-9-18(20)23/h2*3-12,24H,23H2,1-2H3. The van der Waals surface area contributed by atoms with Gasteiger partial charge < -0.3 is 30.4 Å². The van der Waals surface area contributed by atoms with Gasteiger partial charge in [0.1, 0.15) is 28.9 Å². The van der Waals surface area contributed by atoms with Crippen LogP contribution in [0.3, 0.4) is 0 Å². The molecule has 0 fully saturated rings. The molecule has 0 aliphatic heterocycles. The van der Waals surface area contributed by atoms with Gasteiger partial charge in [-0.25, -0.2) is 35.2 Å². The predicted molar refractivity (Wildman–Crippen MR) is 221 cm³/mol. The summed E-state index contributed by atoms with van der Waals surface area (Å²) >= 11 is 0. The minimum Gasteiger partial charge on any atom is -0.465 e. The number of halogens is 2. The zero-order valence-corrected chi connectivity index (χ0v) is 34.0.